The molecule has 2 atom stereocenters. The van der Waals surface area contributed by atoms with Crippen LogP contribution in [0.15, 0.2) is 36.7 Å². The van der Waals surface area contributed by atoms with Crippen LogP contribution < -0.4 is 61.4 Å². The Morgan fingerprint density at radius 2 is 1.27 bits per heavy atom. The smallest absolute Gasteiger partial charge is 0.870 e. The topological polar surface area (TPSA) is 296 Å². The third kappa shape index (κ3) is 9.95. The van der Waals surface area contributed by atoms with Crippen LogP contribution in [0.5, 0.6) is 21.9 Å². The molecule has 2 aliphatic heterocycles. The fourth-order valence-electron chi connectivity index (χ4n) is 5.47. The number of carbonyl (C=O) groups is 2. The van der Waals surface area contributed by atoms with Gasteiger partial charge in [0.1, 0.15) is 23.2 Å². The molecule has 4 heterocycles. The van der Waals surface area contributed by atoms with E-state index in [9.17, 15) is 19.6 Å². The molecule has 22 heteroatoms. The molecular formula is C30H33B2N6NaO11S2. The van der Waals surface area contributed by atoms with Crippen molar-refractivity contribution in [2.75, 3.05) is 6.61 Å². The molecule has 0 bridgehead atoms. The van der Waals surface area contributed by atoms with E-state index in [0.717, 1.165) is 39.4 Å². The number of carbonyl (C=O) groups excluding carboxylic acids is 1. The number of ether oxygens (including phenoxy) is 3. The van der Waals surface area contributed by atoms with Crippen molar-refractivity contribution in [2.24, 2.45) is 11.5 Å². The van der Waals surface area contributed by atoms with E-state index in [1.807, 2.05) is 6.92 Å². The van der Waals surface area contributed by atoms with E-state index in [1.54, 1.807) is 38.1 Å². The average Bonchev–Trinajstić information content (AvgIpc) is 3.81. The quantitative estimate of drug-likeness (QED) is 0.0410. The van der Waals surface area contributed by atoms with Gasteiger partial charge in [0.15, 0.2) is 0 Å². The molecule has 52 heavy (non-hydrogen) atoms. The average molecular weight is 762 g/mol. The normalized spacial score (nSPS) is 15.2. The summed E-state index contributed by atoms with van der Waals surface area (Å²) in [5, 5.41) is 44.6. The molecule has 2 aromatic heterocycles. The fourth-order valence-corrected chi connectivity index (χ4v) is 6.77. The van der Waals surface area contributed by atoms with Gasteiger partial charge in [-0.15, -0.1) is 0 Å². The molecule has 0 aliphatic carbocycles. The number of nitrogens with one attached hydrogen (secondary N) is 2. The van der Waals surface area contributed by atoms with Crippen molar-refractivity contribution in [3.05, 3.63) is 68.7 Å². The summed E-state index contributed by atoms with van der Waals surface area (Å²) in [6.45, 7) is 5.68. The second kappa shape index (κ2) is 18.2. The van der Waals surface area contributed by atoms with Crippen LogP contribution in [0.1, 0.15) is 64.0 Å². The minimum absolute atomic E-state index is 0. The minimum Gasteiger partial charge on any atom is -0.870 e. The van der Waals surface area contributed by atoms with Crippen LogP contribution in [0.3, 0.4) is 0 Å². The van der Waals surface area contributed by atoms with Crippen molar-refractivity contribution in [1.29, 1.82) is 10.8 Å². The molecule has 17 nitrogen and oxygen atoms in total. The van der Waals surface area contributed by atoms with Gasteiger partial charge in [-0.05, 0) is 78.2 Å². The first kappa shape index (κ1) is 42.5. The van der Waals surface area contributed by atoms with Crippen molar-refractivity contribution in [1.82, 2.24) is 9.97 Å². The predicted molar refractivity (Wildman–Crippen MR) is 187 cm³/mol. The first-order valence-electron chi connectivity index (χ1n) is 15.0. The summed E-state index contributed by atoms with van der Waals surface area (Å²) in [6, 6.07) is 6.77. The number of thiazole rings is 2. The number of aliphatic carboxylic acids is 1. The number of rotatable bonds is 11. The minimum atomic E-state index is -1.20. The van der Waals surface area contributed by atoms with Gasteiger partial charge in [-0.3, -0.25) is 20.4 Å². The predicted octanol–water partition coefficient (Wildman–Crippen LogP) is -1.17. The van der Waals surface area contributed by atoms with Crippen LogP contribution in [-0.2, 0) is 23.6 Å². The summed E-state index contributed by atoms with van der Waals surface area (Å²) in [5.41, 5.74) is 14.9. The van der Waals surface area contributed by atoms with Crippen LogP contribution in [-0.4, -0.2) is 75.1 Å². The SMILES string of the molecule is CCOC(=O)CC1OB(O)c2cc(Oc3ncc(C(=N)N)s3)cc(C)c21.Cc1cc(Oc2ncc(C(=N)N)s2)cc2c1C(CC(=O)O)OB2O.[Na+].[OH-]. The molecule has 268 valence electrons. The Hall–Kier alpha value is -3.89. The van der Waals surface area contributed by atoms with Crippen LogP contribution >= 0.6 is 22.7 Å². The van der Waals surface area contributed by atoms with E-state index in [0.29, 0.717) is 54.7 Å². The van der Waals surface area contributed by atoms with E-state index in [4.69, 9.17) is 50.9 Å². The van der Waals surface area contributed by atoms with Crippen molar-refractivity contribution in [3.63, 3.8) is 0 Å². The van der Waals surface area contributed by atoms with E-state index < -0.39 is 32.4 Å². The maximum absolute atomic E-state index is 11.7. The number of nitrogens with two attached hydrogens (primary N) is 2. The zero-order valence-electron chi connectivity index (χ0n) is 28.4. The Morgan fingerprint density at radius 3 is 1.63 bits per heavy atom. The molecule has 0 spiro atoms. The Kier molecular flexibility index (Phi) is 14.9. The number of amidine groups is 2. The number of hydrogen-bond acceptors (Lipinski definition) is 16. The molecule has 0 radical (unpaired) electrons. The maximum atomic E-state index is 11.7. The molecule has 0 amide bonds. The largest absolute Gasteiger partial charge is 1.00 e. The number of carboxylic acid groups (broad SMARTS) is 1. The summed E-state index contributed by atoms with van der Waals surface area (Å²) in [6.07, 6.45) is 1.48. The number of benzene rings is 2. The van der Waals surface area contributed by atoms with Gasteiger partial charge in [-0.1, -0.05) is 22.7 Å². The van der Waals surface area contributed by atoms with Crippen molar-refractivity contribution < 1.29 is 83.3 Å². The molecule has 10 N–H and O–H groups in total. The van der Waals surface area contributed by atoms with Crippen LogP contribution in [0, 0.1) is 24.7 Å². The standard InChI is InChI=1S/C16H18BN3O5S.C14H14BN3O5S.Na.H2O/c1-3-23-13(21)6-11-14-8(2)4-9(5-10(14)17(22)25-11)24-16-20-7-12(26-16)15(18)19;1-6-2-7(22-14-18-5-10(24-14)13(16)17)3-8-12(6)9(4-11(19)20)23-15(8)21;;/h4-5,7,11,22H,3,6H2,1-2H3,(H3,18,19);2-3,5,9,21H,4H2,1H3,(H3,16,17)(H,19,20);;1H2/q;;+1;/p-1. The Bertz CT molecular complexity index is 1970. The van der Waals surface area contributed by atoms with Crippen LogP contribution in [0.4, 0.5) is 0 Å². The van der Waals surface area contributed by atoms with E-state index >= 15 is 0 Å². The van der Waals surface area contributed by atoms with Gasteiger partial charge in [0.25, 0.3) is 10.4 Å². The monoisotopic (exact) mass is 762 g/mol. The van der Waals surface area contributed by atoms with Gasteiger partial charge in [-0.2, -0.15) is 0 Å². The molecule has 2 unspecified atom stereocenters. The van der Waals surface area contributed by atoms with Crippen molar-refractivity contribution in [3.8, 4) is 21.9 Å². The Morgan fingerprint density at radius 1 is 0.846 bits per heavy atom. The van der Waals surface area contributed by atoms with Gasteiger partial charge in [0.2, 0.25) is 0 Å². The summed E-state index contributed by atoms with van der Waals surface area (Å²) in [5.74, 6) is -0.628. The van der Waals surface area contributed by atoms with Crippen molar-refractivity contribution >= 4 is 71.4 Å². The summed E-state index contributed by atoms with van der Waals surface area (Å²) in [7, 11) is -2.34. The molecular weight excluding hydrogens is 729 g/mol. The number of hydrogen-bond donors (Lipinski definition) is 7. The number of carboxylic acids is 1. The molecule has 0 saturated heterocycles. The second-order valence-corrected chi connectivity index (χ2v) is 13.0. The summed E-state index contributed by atoms with van der Waals surface area (Å²) < 4.78 is 27.2. The maximum Gasteiger partial charge on any atom is 1.00 e. The zero-order valence-corrected chi connectivity index (χ0v) is 32.0. The number of fused-ring (bicyclic) bond motifs is 2. The number of aromatic nitrogens is 2. The number of nitrogen functional groups attached to an aromatic ring is 2. The number of aryl methyl sites for hydroxylation is 2. The Labute approximate surface area is 328 Å². The zero-order chi connectivity index (χ0) is 36.3. The van der Waals surface area contributed by atoms with E-state index in [-0.39, 0.29) is 65.5 Å². The number of nitrogens with zero attached hydrogens (tertiary/aromatic N) is 2. The summed E-state index contributed by atoms with van der Waals surface area (Å²) in [4.78, 5) is 31.8. The van der Waals surface area contributed by atoms with Gasteiger partial charge < -0.3 is 55.6 Å². The second-order valence-electron chi connectivity index (χ2n) is 11.1. The van der Waals surface area contributed by atoms with E-state index in [2.05, 4.69) is 9.97 Å². The third-order valence-electron chi connectivity index (χ3n) is 7.47. The first-order chi connectivity index (χ1) is 23.7. The summed E-state index contributed by atoms with van der Waals surface area (Å²) >= 11 is 2.28. The molecule has 2 aromatic carbocycles. The van der Waals surface area contributed by atoms with Crippen LogP contribution in [0.2, 0.25) is 0 Å². The molecule has 6 rings (SSSR count). The van der Waals surface area contributed by atoms with Gasteiger partial charge >= 0.3 is 55.7 Å². The van der Waals surface area contributed by atoms with Gasteiger partial charge in [0.05, 0.1) is 53.8 Å². The van der Waals surface area contributed by atoms with Crippen LogP contribution in [0.25, 0.3) is 0 Å². The molecule has 0 fully saturated rings. The molecule has 0 saturated carbocycles. The van der Waals surface area contributed by atoms with Gasteiger partial charge in [0, 0.05) is 0 Å². The van der Waals surface area contributed by atoms with Gasteiger partial charge in [-0.25, -0.2) is 9.97 Å². The molecule has 2 aliphatic rings. The third-order valence-corrected chi connectivity index (χ3v) is 9.29. The first-order valence-corrected chi connectivity index (χ1v) is 16.7. The fraction of sp³-hybridized carbons (Fsp3) is 0.267. The Balaban J connectivity index is 0.000000271. The number of esters is 1. The molecule has 4 aromatic rings. The van der Waals surface area contributed by atoms with E-state index in [1.165, 1.54) is 12.4 Å². The van der Waals surface area contributed by atoms with Crippen molar-refractivity contribution in [2.45, 2.75) is 45.8 Å².